The van der Waals surface area contributed by atoms with Gasteiger partial charge in [0.05, 0.1) is 6.04 Å². The first-order valence-corrected chi connectivity index (χ1v) is 2.45. The second-order valence-corrected chi connectivity index (χ2v) is 1.68. The third-order valence-electron chi connectivity index (χ3n) is 1.21. The lowest BCUT2D eigenvalue weighted by atomic mass is 10.5. The molecule has 0 amide bonds. The fourth-order valence-electron chi connectivity index (χ4n) is 0.613. The Morgan fingerprint density at radius 2 is 2.71 bits per heavy atom. The van der Waals surface area contributed by atoms with Crippen molar-refractivity contribution in [3.63, 3.8) is 0 Å². The van der Waals surface area contributed by atoms with Crippen LogP contribution in [0.4, 0.5) is 0 Å². The van der Waals surface area contributed by atoms with Crippen LogP contribution in [0.15, 0.2) is 12.7 Å². The van der Waals surface area contributed by atoms with Crippen LogP contribution in [0.3, 0.4) is 0 Å². The monoisotopic (exact) mass is 98.1 g/mol. The van der Waals surface area contributed by atoms with Gasteiger partial charge in [0, 0.05) is 6.54 Å². The van der Waals surface area contributed by atoms with E-state index in [0.29, 0.717) is 6.04 Å². The van der Waals surface area contributed by atoms with E-state index in [0.717, 1.165) is 6.54 Å². The standard InChI is InChI=1S/C5H10N2/c1-3-5-4-7(5)6-2/h3,5-6H,1,4H2,2H3. The van der Waals surface area contributed by atoms with Gasteiger partial charge in [-0.1, -0.05) is 6.08 Å². The van der Waals surface area contributed by atoms with Gasteiger partial charge in [-0.25, -0.2) is 5.01 Å². The van der Waals surface area contributed by atoms with Gasteiger partial charge in [0.2, 0.25) is 0 Å². The highest BCUT2D eigenvalue weighted by Crippen LogP contribution is 2.11. The molecule has 0 saturated carbocycles. The normalized spacial score (nSPS) is 37.9. The molecule has 0 aliphatic carbocycles. The molecule has 2 unspecified atom stereocenters. The second kappa shape index (κ2) is 1.64. The average Bonchev–Trinajstić information content (AvgIpc) is 2.43. The lowest BCUT2D eigenvalue weighted by Gasteiger charge is -1.92. The Kier molecular flexibility index (Phi) is 1.13. The summed E-state index contributed by atoms with van der Waals surface area (Å²) in [6.45, 7) is 4.76. The number of nitrogens with one attached hydrogen (secondary N) is 1. The summed E-state index contributed by atoms with van der Waals surface area (Å²) in [6.07, 6.45) is 1.94. The van der Waals surface area contributed by atoms with Crippen molar-refractivity contribution >= 4 is 0 Å². The largest absolute Gasteiger partial charge is 0.258 e. The van der Waals surface area contributed by atoms with Crippen LogP contribution in [0.2, 0.25) is 0 Å². The van der Waals surface area contributed by atoms with Crippen LogP contribution in [0.1, 0.15) is 0 Å². The molecule has 0 radical (unpaired) electrons. The topological polar surface area (TPSA) is 15.0 Å². The smallest absolute Gasteiger partial charge is 0.0563 e. The lowest BCUT2D eigenvalue weighted by Crippen LogP contribution is -2.15. The minimum atomic E-state index is 0.602. The van der Waals surface area contributed by atoms with E-state index in [9.17, 15) is 0 Å². The SMILES string of the molecule is C=CC1CN1NC. The summed E-state index contributed by atoms with van der Waals surface area (Å²) in [6, 6.07) is 0.602. The molecule has 0 aromatic rings. The minimum absolute atomic E-state index is 0.602. The molecule has 0 aromatic carbocycles. The molecule has 0 spiro atoms. The first-order chi connectivity index (χ1) is 3.38. The van der Waals surface area contributed by atoms with Crippen molar-refractivity contribution in [1.29, 1.82) is 0 Å². The van der Waals surface area contributed by atoms with Gasteiger partial charge in [-0.3, -0.25) is 5.43 Å². The zero-order chi connectivity index (χ0) is 5.28. The molecule has 1 N–H and O–H groups in total. The Balaban J connectivity index is 2.17. The quantitative estimate of drug-likeness (QED) is 0.386. The van der Waals surface area contributed by atoms with Crippen LogP contribution in [0.5, 0.6) is 0 Å². The number of nitrogens with zero attached hydrogens (tertiary/aromatic N) is 1. The molecule has 0 aromatic heterocycles. The molecular weight excluding hydrogens is 88.1 g/mol. The molecule has 2 atom stereocenters. The van der Waals surface area contributed by atoms with Gasteiger partial charge >= 0.3 is 0 Å². The molecule has 1 fully saturated rings. The summed E-state index contributed by atoms with van der Waals surface area (Å²) in [4.78, 5) is 0. The van der Waals surface area contributed by atoms with E-state index in [1.54, 1.807) is 0 Å². The highest BCUT2D eigenvalue weighted by Gasteiger charge is 2.28. The minimum Gasteiger partial charge on any atom is -0.258 e. The first-order valence-electron chi connectivity index (χ1n) is 2.45. The van der Waals surface area contributed by atoms with E-state index in [1.165, 1.54) is 0 Å². The summed E-state index contributed by atoms with van der Waals surface area (Å²) in [5.74, 6) is 0. The van der Waals surface area contributed by atoms with Gasteiger partial charge in [-0.05, 0) is 7.05 Å². The van der Waals surface area contributed by atoms with Gasteiger partial charge in [0.1, 0.15) is 0 Å². The maximum absolute atomic E-state index is 3.64. The van der Waals surface area contributed by atoms with Crippen molar-refractivity contribution in [2.75, 3.05) is 13.6 Å². The van der Waals surface area contributed by atoms with Crippen molar-refractivity contribution in [2.24, 2.45) is 0 Å². The third-order valence-corrected chi connectivity index (χ3v) is 1.21. The molecular formula is C5H10N2. The van der Waals surface area contributed by atoms with Crippen molar-refractivity contribution in [1.82, 2.24) is 10.4 Å². The Labute approximate surface area is 43.8 Å². The Bertz CT molecular complexity index is 80.1. The molecule has 0 bridgehead atoms. The molecule has 7 heavy (non-hydrogen) atoms. The van der Waals surface area contributed by atoms with Gasteiger partial charge < -0.3 is 0 Å². The van der Waals surface area contributed by atoms with Crippen molar-refractivity contribution in [3.8, 4) is 0 Å². The van der Waals surface area contributed by atoms with E-state index in [4.69, 9.17) is 0 Å². The van der Waals surface area contributed by atoms with Gasteiger partial charge in [0.25, 0.3) is 0 Å². The van der Waals surface area contributed by atoms with Crippen LogP contribution in [-0.4, -0.2) is 24.6 Å². The van der Waals surface area contributed by atoms with E-state index in [2.05, 4.69) is 17.0 Å². The molecule has 1 aliphatic rings. The summed E-state index contributed by atoms with van der Waals surface area (Å²) < 4.78 is 0. The summed E-state index contributed by atoms with van der Waals surface area (Å²) in [5.41, 5.74) is 3.00. The fourth-order valence-corrected chi connectivity index (χ4v) is 0.613. The van der Waals surface area contributed by atoms with Crippen LogP contribution >= 0.6 is 0 Å². The Morgan fingerprint density at radius 3 is 2.86 bits per heavy atom. The van der Waals surface area contributed by atoms with Crippen molar-refractivity contribution < 1.29 is 0 Å². The highest BCUT2D eigenvalue weighted by molar-refractivity contribution is 4.99. The third kappa shape index (κ3) is 0.813. The lowest BCUT2D eigenvalue weighted by molar-refractivity contribution is 0.433. The second-order valence-electron chi connectivity index (χ2n) is 1.68. The zero-order valence-electron chi connectivity index (χ0n) is 4.52. The van der Waals surface area contributed by atoms with Crippen molar-refractivity contribution in [2.45, 2.75) is 6.04 Å². The molecule has 1 rings (SSSR count). The van der Waals surface area contributed by atoms with E-state index < -0.39 is 0 Å². The van der Waals surface area contributed by atoms with Crippen LogP contribution in [0.25, 0.3) is 0 Å². The summed E-state index contributed by atoms with van der Waals surface area (Å²) >= 11 is 0. The van der Waals surface area contributed by atoms with E-state index >= 15 is 0 Å². The molecule has 1 aliphatic heterocycles. The van der Waals surface area contributed by atoms with E-state index in [-0.39, 0.29) is 0 Å². The van der Waals surface area contributed by atoms with Gasteiger partial charge in [-0.2, -0.15) is 0 Å². The van der Waals surface area contributed by atoms with E-state index in [1.807, 2.05) is 13.1 Å². The van der Waals surface area contributed by atoms with Crippen LogP contribution < -0.4 is 5.43 Å². The number of hydrogen-bond donors (Lipinski definition) is 1. The summed E-state index contributed by atoms with van der Waals surface area (Å²) in [5, 5.41) is 2.10. The van der Waals surface area contributed by atoms with Gasteiger partial charge in [-0.15, -0.1) is 6.58 Å². The maximum atomic E-state index is 3.64. The van der Waals surface area contributed by atoms with Crippen molar-refractivity contribution in [3.05, 3.63) is 12.7 Å². The Morgan fingerprint density at radius 1 is 2.00 bits per heavy atom. The fraction of sp³-hybridized carbons (Fsp3) is 0.600. The Hall–Kier alpha value is -0.340. The summed E-state index contributed by atoms with van der Waals surface area (Å²) in [7, 11) is 1.92. The number of rotatable bonds is 2. The maximum Gasteiger partial charge on any atom is 0.0563 e. The molecule has 1 heterocycles. The zero-order valence-corrected chi connectivity index (χ0v) is 4.52. The average molecular weight is 98.1 g/mol. The van der Waals surface area contributed by atoms with Crippen LogP contribution in [-0.2, 0) is 0 Å². The highest BCUT2D eigenvalue weighted by atomic mass is 15.6. The van der Waals surface area contributed by atoms with Crippen LogP contribution in [0, 0.1) is 0 Å². The number of hydrazine groups is 1. The molecule has 40 valence electrons. The predicted octanol–water partition coefficient (Wildman–Crippen LogP) is -0.00900. The number of hydrogen-bond acceptors (Lipinski definition) is 2. The molecule has 2 nitrogen and oxygen atoms in total. The molecule has 1 saturated heterocycles. The molecule has 2 heteroatoms. The predicted molar refractivity (Wildman–Crippen MR) is 29.8 cm³/mol. The van der Waals surface area contributed by atoms with Gasteiger partial charge in [0.15, 0.2) is 0 Å². The first kappa shape index (κ1) is 4.81.